The number of carbonyl (C=O) groups excluding carboxylic acids is 9. The largest absolute Gasteiger partial charge is 2.00 e. The molecule has 848 valence electrons. The molecule has 7 rings (SSSR count). The normalized spacial score (nSPS) is 18.8. The Morgan fingerprint density at radius 2 is 0.792 bits per heavy atom. The summed E-state index contributed by atoms with van der Waals surface area (Å²) >= 11 is 0. The van der Waals surface area contributed by atoms with Gasteiger partial charge in [0.05, 0.1) is 55.0 Å². The molecule has 0 unspecified atom stereocenters. The van der Waals surface area contributed by atoms with E-state index in [0.717, 1.165) is 88.4 Å². The van der Waals surface area contributed by atoms with Crippen LogP contribution in [-0.4, -0.2) is 257 Å². The van der Waals surface area contributed by atoms with Crippen LogP contribution in [-0.2, 0) is 75.6 Å². The quantitative estimate of drug-likeness (QED) is 0.0119. The first-order chi connectivity index (χ1) is 67.6. The third-order valence-electron chi connectivity index (χ3n) is 24.5. The van der Waals surface area contributed by atoms with Crippen molar-refractivity contribution in [2.24, 2.45) is 0 Å². The Balaban J connectivity index is -0.000000822. The molecule has 4 heterocycles. The number of benzene rings is 3. The number of alkyl carbamates (subject to hydrolysis) is 4. The Morgan fingerprint density at radius 3 is 1.10 bits per heavy atom. The molecule has 7 amide bonds. The van der Waals surface area contributed by atoms with Crippen LogP contribution in [0.1, 0.15) is 355 Å². The molecule has 0 saturated carbocycles. The van der Waals surface area contributed by atoms with Crippen molar-refractivity contribution in [3.05, 3.63) is 146 Å². The summed E-state index contributed by atoms with van der Waals surface area (Å²) < 4.78 is 55.6. The molecule has 149 heavy (non-hydrogen) atoms. The molecule has 29 nitrogen and oxygen atoms in total. The van der Waals surface area contributed by atoms with E-state index in [4.69, 9.17) is 52.0 Å². The van der Waals surface area contributed by atoms with Gasteiger partial charge in [-0.2, -0.15) is 5.26 Å². The number of halogens is 1. The van der Waals surface area contributed by atoms with E-state index >= 15 is 0 Å². The van der Waals surface area contributed by atoms with Gasteiger partial charge >= 0.3 is 65.7 Å². The van der Waals surface area contributed by atoms with E-state index in [2.05, 4.69) is 153 Å². The SMILES string of the molecule is C1CCOC1.C=C[C@@H](O)C[C@@H](CC)NC(=O)OC(C)(C)C.C=C[C@H](C[C@@H](CC)NC(=O)OC(C)(C)C)O[Si](C)(C)C(C)(C)C.CC[C@@H]1CC(=O)[C@H](Cc2ccccc2)N1C(=O)OC(C)(C)C.CC[C@@H]1C[C@H](O)[C@H](Cc2ccccc2)N1C(=O)OC(C)(C)C.CC[C@@H]1C[C@H](O[Si](C)(C)C(C)(C)C)[C@H](Cc2ccccc2)N1C(=O)OC(C)(C)C.CC[C@H](CC#N)NC(=O)OC(C)(C)C.CC[C@H](CC=O)NC(=O)OC(C)(C)C.[CH-]=C.[Cl-].[Mg+2]. The Labute approximate surface area is 925 Å². The van der Waals surface area contributed by atoms with E-state index < -0.39 is 92.4 Å². The summed E-state index contributed by atoms with van der Waals surface area (Å²) in [7, 11) is -3.82. The van der Waals surface area contributed by atoms with Crippen LogP contribution in [0.25, 0.3) is 0 Å². The summed E-state index contributed by atoms with van der Waals surface area (Å²) in [5, 5.41) is 39.5. The van der Waals surface area contributed by atoms with Gasteiger partial charge in [0.15, 0.2) is 22.4 Å². The monoisotopic (exact) mass is 2160 g/mol. The van der Waals surface area contributed by atoms with E-state index in [-0.39, 0.29) is 142 Å². The number of nitrogens with zero attached hydrogens (tertiary/aromatic N) is 4. The van der Waals surface area contributed by atoms with E-state index in [0.29, 0.717) is 51.4 Å². The van der Waals surface area contributed by atoms with Gasteiger partial charge in [-0.1, -0.05) is 193 Å². The molecule has 3 aromatic carbocycles. The summed E-state index contributed by atoms with van der Waals surface area (Å²) in [6.45, 7) is 91.6. The molecular formula is C116H201ClMgN8O21Si2. The fourth-order valence-electron chi connectivity index (χ4n) is 15.0. The van der Waals surface area contributed by atoms with Gasteiger partial charge in [-0.25, -0.2) is 33.6 Å². The summed E-state index contributed by atoms with van der Waals surface area (Å²) in [6, 6.07) is 31.4. The molecule has 0 spiro atoms. The molecule has 0 radical (unpaired) electrons. The number of aliphatic hydroxyl groups is 2. The first-order valence-electron chi connectivity index (χ1n) is 53.1. The molecule has 4 aliphatic heterocycles. The predicted octanol–water partition coefficient (Wildman–Crippen LogP) is 23.0. The van der Waals surface area contributed by atoms with Gasteiger partial charge in [0.1, 0.15) is 45.5 Å². The van der Waals surface area contributed by atoms with Crippen LogP contribution < -0.4 is 33.7 Å². The van der Waals surface area contributed by atoms with Gasteiger partial charge in [-0.3, -0.25) is 26.1 Å². The minimum atomic E-state index is -1.96. The van der Waals surface area contributed by atoms with Gasteiger partial charge in [0.2, 0.25) is 0 Å². The van der Waals surface area contributed by atoms with Gasteiger partial charge < -0.3 is 102 Å². The molecule has 4 saturated heterocycles. The van der Waals surface area contributed by atoms with Gasteiger partial charge in [-0.05, 0) is 295 Å². The zero-order valence-electron chi connectivity index (χ0n) is 99.0. The third kappa shape index (κ3) is 64.0. The number of nitrogens with one attached hydrogen (secondary N) is 4. The molecular weight excluding hydrogens is 1960 g/mol. The second-order valence-electron chi connectivity index (χ2n) is 47.7. The predicted molar refractivity (Wildman–Crippen MR) is 603 cm³/mol. The number of aliphatic hydroxyl groups excluding tert-OH is 2. The number of ether oxygens (including phenoxy) is 8. The zero-order chi connectivity index (χ0) is 114. The molecule has 4 fully saturated rings. The molecule has 6 N–H and O–H groups in total. The van der Waals surface area contributed by atoms with Crippen molar-refractivity contribution >= 4 is 94.4 Å². The number of ketones is 1. The van der Waals surface area contributed by atoms with Crippen molar-refractivity contribution in [2.45, 2.75) is 518 Å². The average Bonchev–Trinajstić information content (AvgIpc) is 1.64. The number of nitriles is 1. The zero-order valence-corrected chi connectivity index (χ0v) is 103. The van der Waals surface area contributed by atoms with Crippen molar-refractivity contribution in [2.75, 3.05) is 13.2 Å². The van der Waals surface area contributed by atoms with Crippen LogP contribution in [0, 0.1) is 17.9 Å². The maximum absolute atomic E-state index is 13.2. The van der Waals surface area contributed by atoms with E-state index in [1.165, 1.54) is 24.5 Å². The van der Waals surface area contributed by atoms with Crippen molar-refractivity contribution < 1.29 is 113 Å². The van der Waals surface area contributed by atoms with Crippen LogP contribution in [0.5, 0.6) is 0 Å². The molecule has 33 heteroatoms. The first kappa shape index (κ1) is 147. The van der Waals surface area contributed by atoms with E-state index in [1.807, 2.05) is 222 Å². The van der Waals surface area contributed by atoms with Crippen LogP contribution in [0.3, 0.4) is 0 Å². The standard InChI is InChI=1S/C24H41NO3Si.C18H37NO3Si.C18H27NO3.C18H25NO3.C12H23NO3.C10H18N2O2.C10H19NO3.C4H8O.C2H3.ClH.Mg/c1-10-19-17-21(28-29(8,9)24(5,6)7)20(16-18-14-12-11-13-15-18)25(19)22(26)27-23(2,3)4;1-11-14(19-16(20)21-17(3,4)5)13-15(12-2)22-23(9,10)18(6,7)8;2*1-5-14-12-16(20)15(11-13-9-7-6-8-10-13)19(14)17(21)22-18(2,3)4;1-6-9(8-10(14)7-2)13-11(15)16-12(3,4)5;1-5-8(6-7-11)12-9(13)14-10(2,3)4;1-5-8(6-7-12)11-9(13)14-10(2,3)4;1-2-4-5-3-1;1-2;;/h11-15,19-21H,10,16-17H2,1-9H3;12,14-15H,2,11,13H2,1,3-10H3,(H,19,20);6-10,14-16,20H,5,11-12H2,1-4H3;6-10,14-15H,5,11-12H2,1-4H3;7,9-10,14H,2,6,8H2,1,3-5H3,(H,13,15);8H,5-6H2,1-4H3,(H,12,13);7-8H,5-6H2,1-4H3,(H,11,13);1-4H2;1H,2H2;1H;/q;;;;;;;;-1;;+2/p-1/t19-,20+,21+;14-,15-;14-,15+,16+;14-,15+;9-,10-;2*8-;;;;/m1111111..../s1. The molecule has 0 aliphatic carbocycles. The number of hydrogen-bond acceptors (Lipinski definition) is 22. The van der Waals surface area contributed by atoms with Crippen LogP contribution in [0.4, 0.5) is 33.6 Å². The van der Waals surface area contributed by atoms with Crippen LogP contribution in [0.15, 0.2) is 123 Å². The molecule has 3 aromatic rings. The molecule has 0 aromatic heterocycles. The van der Waals surface area contributed by atoms with Crippen LogP contribution in [0.2, 0.25) is 36.3 Å². The smallest absolute Gasteiger partial charge is 1.00 e. The maximum Gasteiger partial charge on any atom is 2.00 e. The topological polar surface area (TPSA) is 368 Å². The van der Waals surface area contributed by atoms with Gasteiger partial charge in [-0.15, -0.1) is 13.2 Å². The maximum atomic E-state index is 13.2. The number of aldehydes is 1. The van der Waals surface area contributed by atoms with Crippen molar-refractivity contribution in [1.29, 1.82) is 5.26 Å². The number of amides is 7. The van der Waals surface area contributed by atoms with E-state index in [1.54, 1.807) is 51.3 Å². The molecule has 4 aliphatic rings. The minimum absolute atomic E-state index is 0. The summed E-state index contributed by atoms with van der Waals surface area (Å²) in [5.74, 6) is 0.126. The van der Waals surface area contributed by atoms with E-state index in [9.17, 15) is 53.4 Å². The fraction of sp³-hybridized carbons (Fsp3) is 0.707. The van der Waals surface area contributed by atoms with Gasteiger partial charge in [0, 0.05) is 74.8 Å². The van der Waals surface area contributed by atoms with Crippen LogP contribution >= 0.6 is 0 Å². The third-order valence-corrected chi connectivity index (χ3v) is 33.5. The number of likely N-dealkylation sites (tertiary alicyclic amines) is 3. The number of hydrogen-bond donors (Lipinski definition) is 6. The summed E-state index contributed by atoms with van der Waals surface area (Å²) in [6.07, 6.45) is 14.1. The van der Waals surface area contributed by atoms with Crippen molar-refractivity contribution in [3.8, 4) is 6.07 Å². The Hall–Kier alpha value is -8.11. The van der Waals surface area contributed by atoms with Crippen molar-refractivity contribution in [3.63, 3.8) is 0 Å². The Morgan fingerprint density at radius 1 is 0.470 bits per heavy atom. The molecule has 0 bridgehead atoms. The number of Topliss-reactive ketones (excluding diaryl/α,β-unsaturated/α-hetero) is 1. The Bertz CT molecular complexity index is 4330. The average molecular weight is 2160 g/mol. The minimum Gasteiger partial charge on any atom is -1.00 e. The second kappa shape index (κ2) is 70.3. The molecule has 14 atom stereocenters. The van der Waals surface area contributed by atoms with Gasteiger partial charge in [0.25, 0.3) is 0 Å². The van der Waals surface area contributed by atoms with Crippen molar-refractivity contribution in [1.82, 2.24) is 36.0 Å². The number of rotatable bonds is 30. The number of carbonyl (C=O) groups is 9. The summed E-state index contributed by atoms with van der Waals surface area (Å²) in [5.41, 5.74) is -0.158. The summed E-state index contributed by atoms with van der Waals surface area (Å²) in [4.78, 5) is 112. The second-order valence-corrected chi connectivity index (χ2v) is 57.2. The first-order valence-corrected chi connectivity index (χ1v) is 58.9. The fourth-order valence-corrected chi connectivity index (χ4v) is 17.6. The Kier molecular flexibility index (Phi) is 69.4.